The normalized spacial score (nSPS) is 15.5. The number of carbonyl (C=O) groups excluding carboxylic acids is 2. The second-order valence-corrected chi connectivity index (χ2v) is 9.01. The summed E-state index contributed by atoms with van der Waals surface area (Å²) in [6.07, 6.45) is 0.866. The Balaban J connectivity index is 1.58. The Labute approximate surface area is 174 Å². The maximum absolute atomic E-state index is 13.0. The monoisotopic (exact) mass is 434 g/mol. The highest BCUT2D eigenvalue weighted by Crippen LogP contribution is 2.25. The molecule has 1 aliphatic rings. The summed E-state index contributed by atoms with van der Waals surface area (Å²) in [6.45, 7) is 0.460. The lowest BCUT2D eigenvalue weighted by Crippen LogP contribution is -2.41. The number of piperidine rings is 1. The van der Waals surface area contributed by atoms with Gasteiger partial charge in [0.1, 0.15) is 5.82 Å². The molecule has 0 radical (unpaired) electrons. The van der Waals surface area contributed by atoms with E-state index in [9.17, 15) is 22.4 Å². The van der Waals surface area contributed by atoms with E-state index in [1.165, 1.54) is 47.8 Å². The van der Waals surface area contributed by atoms with Crippen LogP contribution in [0.4, 0.5) is 10.1 Å². The third-order valence-electron chi connectivity index (χ3n) is 5.07. The first-order valence-electron chi connectivity index (χ1n) is 9.52. The van der Waals surface area contributed by atoms with E-state index < -0.39 is 16.0 Å². The molecule has 0 atom stereocenters. The fourth-order valence-corrected chi connectivity index (χ4v) is 4.77. The van der Waals surface area contributed by atoms with Crippen LogP contribution in [0.5, 0.6) is 0 Å². The van der Waals surface area contributed by atoms with E-state index in [0.717, 1.165) is 0 Å². The molecule has 9 heteroatoms. The number of rotatable bonds is 6. The number of carbonyl (C=O) groups is 2. The Kier molecular flexibility index (Phi) is 6.84. The molecule has 3 rings (SSSR count). The average Bonchev–Trinajstić information content (AvgIpc) is 2.75. The fourth-order valence-electron chi connectivity index (χ4n) is 3.30. The van der Waals surface area contributed by atoms with Gasteiger partial charge in [-0.2, -0.15) is 4.31 Å². The van der Waals surface area contributed by atoms with Crippen LogP contribution in [0.1, 0.15) is 18.4 Å². The van der Waals surface area contributed by atoms with Crippen molar-refractivity contribution >= 4 is 27.6 Å². The maximum atomic E-state index is 13.0. The van der Waals surface area contributed by atoms with E-state index in [-0.39, 0.29) is 42.0 Å². The van der Waals surface area contributed by atoms with Gasteiger partial charge < -0.3 is 10.1 Å². The van der Waals surface area contributed by atoms with Crippen molar-refractivity contribution in [3.05, 3.63) is 59.9 Å². The lowest BCUT2D eigenvalue weighted by atomic mass is 9.97. The molecule has 30 heavy (non-hydrogen) atoms. The van der Waals surface area contributed by atoms with Gasteiger partial charge in [0.25, 0.3) is 0 Å². The maximum Gasteiger partial charge on any atom is 0.309 e. The number of nitrogens with zero attached hydrogens (tertiary/aromatic N) is 1. The number of esters is 1. The van der Waals surface area contributed by atoms with Crippen molar-refractivity contribution in [2.75, 3.05) is 25.5 Å². The highest BCUT2D eigenvalue weighted by Gasteiger charge is 2.32. The van der Waals surface area contributed by atoms with E-state index in [1.807, 2.05) is 0 Å². The summed E-state index contributed by atoms with van der Waals surface area (Å²) in [5.41, 5.74) is 1.17. The standard InChI is InChI=1S/C21H23FN2O5S/c1-29-20(25)14-15-2-8-19(9-3-15)30(27,28)24-12-10-16(11-13-24)21(26)23-18-6-4-17(22)5-7-18/h2-9,16H,10-14H2,1H3,(H,23,26). The number of nitrogens with one attached hydrogen (secondary N) is 1. The minimum atomic E-state index is -3.68. The van der Waals surface area contributed by atoms with Crippen LogP contribution in [0.3, 0.4) is 0 Å². The Morgan fingerprint density at radius 1 is 1.07 bits per heavy atom. The number of ether oxygens (including phenoxy) is 1. The van der Waals surface area contributed by atoms with Crippen molar-refractivity contribution in [1.82, 2.24) is 4.31 Å². The molecule has 2 aromatic rings. The summed E-state index contributed by atoms with van der Waals surface area (Å²) in [6, 6.07) is 11.6. The molecule has 1 amide bonds. The topological polar surface area (TPSA) is 92.8 Å². The Bertz CT molecular complexity index is 999. The second kappa shape index (κ2) is 9.36. The van der Waals surface area contributed by atoms with Crippen LogP contribution >= 0.6 is 0 Å². The lowest BCUT2D eigenvalue weighted by Gasteiger charge is -2.30. The van der Waals surface area contributed by atoms with Crippen LogP contribution in [0.2, 0.25) is 0 Å². The van der Waals surface area contributed by atoms with Crippen LogP contribution in [0, 0.1) is 11.7 Å². The van der Waals surface area contributed by atoms with E-state index in [0.29, 0.717) is 24.1 Å². The van der Waals surface area contributed by atoms with Crippen molar-refractivity contribution in [3.8, 4) is 0 Å². The first-order chi connectivity index (χ1) is 14.3. The Hall–Kier alpha value is -2.78. The molecule has 0 aromatic heterocycles. The smallest absolute Gasteiger partial charge is 0.309 e. The summed E-state index contributed by atoms with van der Waals surface area (Å²) in [4.78, 5) is 23.9. The van der Waals surface area contributed by atoms with Crippen molar-refractivity contribution in [1.29, 1.82) is 0 Å². The molecule has 1 fully saturated rings. The van der Waals surface area contributed by atoms with E-state index >= 15 is 0 Å². The van der Waals surface area contributed by atoms with E-state index in [2.05, 4.69) is 10.1 Å². The van der Waals surface area contributed by atoms with Gasteiger partial charge in [-0.1, -0.05) is 12.1 Å². The first-order valence-corrected chi connectivity index (χ1v) is 11.0. The first kappa shape index (κ1) is 21.9. The summed E-state index contributed by atoms with van der Waals surface area (Å²) >= 11 is 0. The number of anilines is 1. The van der Waals surface area contributed by atoms with Crippen LogP contribution in [-0.2, 0) is 30.8 Å². The summed E-state index contributed by atoms with van der Waals surface area (Å²) < 4.78 is 44.7. The molecule has 0 aliphatic carbocycles. The number of benzene rings is 2. The number of hydrogen-bond donors (Lipinski definition) is 1. The highest BCUT2D eigenvalue weighted by atomic mass is 32.2. The Morgan fingerprint density at radius 3 is 2.23 bits per heavy atom. The molecule has 0 saturated carbocycles. The quantitative estimate of drug-likeness (QED) is 0.706. The molecule has 2 aromatic carbocycles. The number of methoxy groups -OCH3 is 1. The fraction of sp³-hybridized carbons (Fsp3) is 0.333. The highest BCUT2D eigenvalue weighted by molar-refractivity contribution is 7.89. The molecule has 7 nitrogen and oxygen atoms in total. The van der Waals surface area contributed by atoms with Gasteiger partial charge in [0, 0.05) is 24.7 Å². The van der Waals surface area contributed by atoms with Gasteiger partial charge >= 0.3 is 5.97 Å². The second-order valence-electron chi connectivity index (χ2n) is 7.07. The predicted octanol–water partition coefficient (Wildman–Crippen LogP) is 2.58. The van der Waals surface area contributed by atoms with Gasteiger partial charge in [-0.15, -0.1) is 0 Å². The predicted molar refractivity (Wildman–Crippen MR) is 109 cm³/mol. The molecule has 0 bridgehead atoms. The third kappa shape index (κ3) is 5.22. The Morgan fingerprint density at radius 2 is 1.67 bits per heavy atom. The third-order valence-corrected chi connectivity index (χ3v) is 6.99. The van der Waals surface area contributed by atoms with Gasteiger partial charge in [-0.05, 0) is 54.8 Å². The van der Waals surface area contributed by atoms with Gasteiger partial charge in [0.15, 0.2) is 0 Å². The van der Waals surface area contributed by atoms with Gasteiger partial charge in [0.05, 0.1) is 18.4 Å². The molecular formula is C21H23FN2O5S. The number of halogens is 1. The number of amides is 1. The van der Waals surface area contributed by atoms with Gasteiger partial charge in [-0.3, -0.25) is 9.59 Å². The lowest BCUT2D eigenvalue weighted by molar-refractivity contribution is -0.139. The zero-order valence-corrected chi connectivity index (χ0v) is 17.3. The molecule has 1 N–H and O–H groups in total. The van der Waals surface area contributed by atoms with Crippen LogP contribution < -0.4 is 5.32 Å². The molecule has 1 saturated heterocycles. The van der Waals surface area contributed by atoms with Crippen LogP contribution in [-0.4, -0.2) is 44.8 Å². The molecule has 160 valence electrons. The zero-order valence-electron chi connectivity index (χ0n) is 16.5. The van der Waals surface area contributed by atoms with Crippen molar-refractivity contribution < 1.29 is 27.1 Å². The largest absolute Gasteiger partial charge is 0.469 e. The van der Waals surface area contributed by atoms with Crippen molar-refractivity contribution in [2.24, 2.45) is 5.92 Å². The van der Waals surface area contributed by atoms with Crippen molar-refractivity contribution in [2.45, 2.75) is 24.2 Å². The molecule has 1 aliphatic heterocycles. The molecule has 0 spiro atoms. The van der Waals surface area contributed by atoms with Crippen molar-refractivity contribution in [3.63, 3.8) is 0 Å². The minimum Gasteiger partial charge on any atom is -0.469 e. The van der Waals surface area contributed by atoms with Gasteiger partial charge in [0.2, 0.25) is 15.9 Å². The summed E-state index contributed by atoms with van der Waals surface area (Å²) in [5, 5.41) is 2.74. The molecular weight excluding hydrogens is 411 g/mol. The van der Waals surface area contributed by atoms with E-state index in [4.69, 9.17) is 0 Å². The minimum absolute atomic E-state index is 0.0748. The number of sulfonamides is 1. The molecule has 1 heterocycles. The van der Waals surface area contributed by atoms with E-state index in [1.54, 1.807) is 12.1 Å². The average molecular weight is 434 g/mol. The zero-order chi connectivity index (χ0) is 21.7. The summed E-state index contributed by atoms with van der Waals surface area (Å²) in [5.74, 6) is -1.30. The number of hydrogen-bond acceptors (Lipinski definition) is 5. The van der Waals surface area contributed by atoms with Gasteiger partial charge in [-0.25, -0.2) is 12.8 Å². The molecule has 0 unspecified atom stereocenters. The summed E-state index contributed by atoms with van der Waals surface area (Å²) in [7, 11) is -2.39. The van der Waals surface area contributed by atoms with Crippen LogP contribution in [0.25, 0.3) is 0 Å². The van der Waals surface area contributed by atoms with Crippen LogP contribution in [0.15, 0.2) is 53.4 Å². The SMILES string of the molecule is COC(=O)Cc1ccc(S(=O)(=O)N2CCC(C(=O)Nc3ccc(F)cc3)CC2)cc1.